The highest BCUT2D eigenvalue weighted by Crippen LogP contribution is 2.41. The molecule has 0 radical (unpaired) electrons. The molecule has 1 amide bonds. The number of aromatic nitrogens is 2. The molecule has 186 valence electrons. The third-order valence-electron chi connectivity index (χ3n) is 6.75. The molecular weight excluding hydrogens is 469 g/mol. The molecule has 5 rings (SSSR count). The van der Waals surface area contributed by atoms with Crippen molar-refractivity contribution in [3.05, 3.63) is 39.3 Å². The number of aryl methyl sites for hydroxylation is 1. The molecule has 2 aromatic heterocycles. The molecule has 2 aliphatic heterocycles. The molecule has 0 aromatic carbocycles. The highest BCUT2D eigenvalue weighted by Gasteiger charge is 2.46. The Morgan fingerprint density at radius 1 is 1.26 bits per heavy atom. The first-order valence-electron chi connectivity index (χ1n) is 11.4. The van der Waals surface area contributed by atoms with Gasteiger partial charge in [0.05, 0.1) is 11.3 Å². The van der Waals surface area contributed by atoms with Gasteiger partial charge >= 0.3 is 12.1 Å². The zero-order chi connectivity index (χ0) is 24.7. The van der Waals surface area contributed by atoms with Crippen molar-refractivity contribution < 1.29 is 27.9 Å². The number of hydrogen-bond acceptors (Lipinski definition) is 5. The van der Waals surface area contributed by atoms with Crippen LogP contribution in [-0.2, 0) is 23.3 Å². The summed E-state index contributed by atoms with van der Waals surface area (Å²) in [6, 6.07) is 4.47. The van der Waals surface area contributed by atoms with E-state index in [1.807, 2.05) is 29.5 Å². The fraction of sp³-hybridized carbons (Fsp3) is 0.609. The normalized spacial score (nSPS) is 20.1. The van der Waals surface area contributed by atoms with E-state index in [1.54, 1.807) is 0 Å². The number of amides is 1. The van der Waals surface area contributed by atoms with Gasteiger partial charge in [0.15, 0.2) is 0 Å². The van der Waals surface area contributed by atoms with Crippen LogP contribution in [0.1, 0.15) is 51.5 Å². The second-order valence-corrected chi connectivity index (χ2v) is 11.0. The molecule has 7 nitrogen and oxygen atoms in total. The fourth-order valence-electron chi connectivity index (χ4n) is 4.76. The number of carboxylic acid groups (broad SMARTS) is 1. The van der Waals surface area contributed by atoms with Gasteiger partial charge in [0.25, 0.3) is 5.91 Å². The number of carboxylic acids is 1. The summed E-state index contributed by atoms with van der Waals surface area (Å²) in [5.41, 5.74) is 1.97. The summed E-state index contributed by atoms with van der Waals surface area (Å²) >= 11 is 1.90. The zero-order valence-electron chi connectivity index (χ0n) is 19.3. The summed E-state index contributed by atoms with van der Waals surface area (Å²) in [6.45, 7) is 7.16. The molecule has 3 aliphatic rings. The van der Waals surface area contributed by atoms with Crippen LogP contribution in [0, 0.1) is 12.8 Å². The Hall–Kier alpha value is -2.40. The van der Waals surface area contributed by atoms with E-state index in [4.69, 9.17) is 15.0 Å². The molecule has 0 unspecified atom stereocenters. The SMILES string of the molecule is Cc1ccc(CN2CCC3(CC2)CN(C)C(=O)c2cn(CC4CC4)nc23)s1.O=C(O)C(F)(F)F. The Morgan fingerprint density at radius 3 is 2.44 bits per heavy atom. The van der Waals surface area contributed by atoms with Gasteiger partial charge in [-0.3, -0.25) is 14.4 Å². The standard InChI is InChI=1S/C21H28N4OS.C2HF3O2/c1-15-3-6-17(27-15)12-24-9-7-21(8-10-24)14-23(2)20(26)18-13-25(22-19(18)21)11-16-4-5-16;3-2(4,5)1(6)7/h3,6,13,16H,4-5,7-12,14H2,1-2H3;(H,6,7). The number of thiophene rings is 1. The molecule has 2 fully saturated rings. The topological polar surface area (TPSA) is 78.7 Å². The van der Waals surface area contributed by atoms with Crippen LogP contribution in [0.4, 0.5) is 13.2 Å². The van der Waals surface area contributed by atoms with E-state index in [0.29, 0.717) is 0 Å². The fourth-order valence-corrected chi connectivity index (χ4v) is 5.69. The van der Waals surface area contributed by atoms with Gasteiger partial charge < -0.3 is 10.0 Å². The van der Waals surface area contributed by atoms with Gasteiger partial charge in [-0.2, -0.15) is 18.3 Å². The van der Waals surface area contributed by atoms with Gasteiger partial charge in [0.2, 0.25) is 0 Å². The van der Waals surface area contributed by atoms with Crippen molar-refractivity contribution in [1.29, 1.82) is 0 Å². The number of hydrogen-bond donors (Lipinski definition) is 1. The molecule has 0 bridgehead atoms. The lowest BCUT2D eigenvalue weighted by Crippen LogP contribution is -2.53. The predicted octanol–water partition coefficient (Wildman–Crippen LogP) is 3.92. The predicted molar refractivity (Wildman–Crippen MR) is 121 cm³/mol. The minimum Gasteiger partial charge on any atom is -0.475 e. The number of likely N-dealkylation sites (N-methyl/N-ethyl adjacent to an activating group) is 1. The first-order valence-corrected chi connectivity index (χ1v) is 12.2. The molecule has 1 aliphatic carbocycles. The average molecular weight is 499 g/mol. The third-order valence-corrected chi connectivity index (χ3v) is 7.74. The van der Waals surface area contributed by atoms with Crippen molar-refractivity contribution in [1.82, 2.24) is 19.6 Å². The van der Waals surface area contributed by atoms with Crippen LogP contribution in [0.25, 0.3) is 0 Å². The van der Waals surface area contributed by atoms with Gasteiger partial charge in [-0.15, -0.1) is 11.3 Å². The Morgan fingerprint density at radius 2 is 1.91 bits per heavy atom. The number of carbonyl (C=O) groups excluding carboxylic acids is 1. The Kier molecular flexibility index (Phi) is 6.78. The maximum atomic E-state index is 12.7. The highest BCUT2D eigenvalue weighted by atomic mass is 32.1. The molecular formula is C23H29F3N4O3S. The summed E-state index contributed by atoms with van der Waals surface area (Å²) in [5.74, 6) is -1.84. The van der Waals surface area contributed by atoms with Crippen LogP contribution in [0.3, 0.4) is 0 Å². The van der Waals surface area contributed by atoms with Crippen molar-refractivity contribution in [2.45, 2.75) is 57.3 Å². The second-order valence-electron chi connectivity index (χ2n) is 9.59. The molecule has 11 heteroatoms. The number of alkyl halides is 3. The van der Waals surface area contributed by atoms with Gasteiger partial charge in [-0.25, -0.2) is 4.79 Å². The number of aliphatic carboxylic acids is 1. The Labute approximate surface area is 200 Å². The number of rotatable bonds is 4. The van der Waals surface area contributed by atoms with Gasteiger partial charge in [-0.05, 0) is 63.7 Å². The number of piperidine rings is 1. The molecule has 1 saturated carbocycles. The molecule has 1 saturated heterocycles. The van der Waals surface area contributed by atoms with Crippen LogP contribution in [-0.4, -0.2) is 69.4 Å². The van der Waals surface area contributed by atoms with Crippen molar-refractivity contribution in [3.63, 3.8) is 0 Å². The van der Waals surface area contributed by atoms with Crippen molar-refractivity contribution in [2.24, 2.45) is 5.92 Å². The number of carbonyl (C=O) groups is 2. The average Bonchev–Trinajstić information content (AvgIpc) is 3.31. The molecule has 0 atom stereocenters. The summed E-state index contributed by atoms with van der Waals surface area (Å²) in [4.78, 5) is 28.9. The van der Waals surface area contributed by atoms with E-state index >= 15 is 0 Å². The van der Waals surface area contributed by atoms with Crippen LogP contribution in [0.5, 0.6) is 0 Å². The molecule has 1 spiro atoms. The van der Waals surface area contributed by atoms with Crippen LogP contribution < -0.4 is 0 Å². The molecule has 1 N–H and O–H groups in total. The van der Waals surface area contributed by atoms with E-state index in [9.17, 15) is 18.0 Å². The smallest absolute Gasteiger partial charge is 0.475 e. The van der Waals surface area contributed by atoms with E-state index < -0.39 is 12.1 Å². The summed E-state index contributed by atoms with van der Waals surface area (Å²) in [5, 5.41) is 12.1. The maximum absolute atomic E-state index is 12.7. The van der Waals surface area contributed by atoms with Crippen molar-refractivity contribution in [3.8, 4) is 0 Å². The Balaban J connectivity index is 0.000000344. The molecule has 2 aromatic rings. The largest absolute Gasteiger partial charge is 0.490 e. The highest BCUT2D eigenvalue weighted by molar-refractivity contribution is 7.11. The minimum atomic E-state index is -5.08. The van der Waals surface area contributed by atoms with Crippen molar-refractivity contribution >= 4 is 23.2 Å². The zero-order valence-corrected chi connectivity index (χ0v) is 20.1. The third kappa shape index (κ3) is 5.46. The monoisotopic (exact) mass is 498 g/mol. The number of likely N-dealkylation sites (tertiary alicyclic amines) is 1. The first-order chi connectivity index (χ1) is 16.0. The van der Waals surface area contributed by atoms with E-state index in [-0.39, 0.29) is 11.3 Å². The number of nitrogens with zero attached hydrogens (tertiary/aromatic N) is 4. The van der Waals surface area contributed by atoms with Crippen LogP contribution in [0.15, 0.2) is 18.3 Å². The van der Waals surface area contributed by atoms with Crippen LogP contribution in [0.2, 0.25) is 0 Å². The molecule has 4 heterocycles. The second kappa shape index (κ2) is 9.33. The van der Waals surface area contributed by atoms with Gasteiger partial charge in [0, 0.05) is 48.0 Å². The Bertz CT molecular complexity index is 1050. The summed E-state index contributed by atoms with van der Waals surface area (Å²) in [6.07, 6.45) is 1.72. The number of halogens is 3. The lowest BCUT2D eigenvalue weighted by Gasteiger charge is -2.45. The van der Waals surface area contributed by atoms with Crippen molar-refractivity contribution in [2.75, 3.05) is 26.7 Å². The lowest BCUT2D eigenvalue weighted by atomic mass is 9.72. The lowest BCUT2D eigenvalue weighted by molar-refractivity contribution is -0.192. The number of fused-ring (bicyclic) bond motifs is 2. The molecule has 34 heavy (non-hydrogen) atoms. The van der Waals surface area contributed by atoms with Gasteiger partial charge in [0.1, 0.15) is 0 Å². The van der Waals surface area contributed by atoms with E-state index in [1.165, 1.54) is 22.6 Å². The van der Waals surface area contributed by atoms with E-state index in [0.717, 1.165) is 62.7 Å². The van der Waals surface area contributed by atoms with E-state index in [2.05, 4.69) is 28.6 Å². The first kappa shape index (κ1) is 24.7. The minimum absolute atomic E-state index is 0.0364. The summed E-state index contributed by atoms with van der Waals surface area (Å²) in [7, 11) is 1.95. The van der Waals surface area contributed by atoms with Crippen LogP contribution >= 0.6 is 11.3 Å². The quantitative estimate of drug-likeness (QED) is 0.692. The summed E-state index contributed by atoms with van der Waals surface area (Å²) < 4.78 is 33.8. The maximum Gasteiger partial charge on any atom is 0.490 e. The van der Waals surface area contributed by atoms with Gasteiger partial charge in [-0.1, -0.05) is 0 Å².